The Hall–Kier alpha value is -1.87. The van der Waals surface area contributed by atoms with Gasteiger partial charge in [-0.15, -0.1) is 0 Å². The number of nitrogens with one attached hydrogen (secondary N) is 3. The van der Waals surface area contributed by atoms with Gasteiger partial charge in [-0.3, -0.25) is 15.4 Å². The highest BCUT2D eigenvalue weighted by atomic mass is 17.1. The van der Waals surface area contributed by atoms with E-state index in [1.165, 1.54) is 7.05 Å². The van der Waals surface area contributed by atoms with E-state index < -0.39 is 29.9 Å². The van der Waals surface area contributed by atoms with Crippen molar-refractivity contribution in [3.8, 4) is 0 Å². The van der Waals surface area contributed by atoms with E-state index in [1.54, 1.807) is 0 Å². The van der Waals surface area contributed by atoms with Crippen LogP contribution < -0.4 is 16.0 Å². The van der Waals surface area contributed by atoms with Crippen molar-refractivity contribution in [3.05, 3.63) is 0 Å². The first-order chi connectivity index (χ1) is 7.01. The number of carbonyl (C=O) groups is 3. The maximum atomic E-state index is 11.4. The van der Waals surface area contributed by atoms with E-state index in [1.807, 2.05) is 5.32 Å². The Balaban J connectivity index is 2.42. The van der Waals surface area contributed by atoms with E-state index in [4.69, 9.17) is 5.26 Å². The fourth-order valence-corrected chi connectivity index (χ4v) is 1.56. The molecule has 2 aliphatic rings. The van der Waals surface area contributed by atoms with Crippen molar-refractivity contribution in [1.82, 2.24) is 20.9 Å². The summed E-state index contributed by atoms with van der Waals surface area (Å²) in [6.45, 7) is 0. The van der Waals surface area contributed by atoms with Crippen LogP contribution in [0.15, 0.2) is 0 Å². The monoisotopic (exact) mass is 216 g/mol. The topological polar surface area (TPSA) is 120 Å². The van der Waals surface area contributed by atoms with Gasteiger partial charge in [0.2, 0.25) is 0 Å². The summed E-state index contributed by atoms with van der Waals surface area (Å²) in [5.41, 5.74) is -1.99. The number of hydrogen-bond donors (Lipinski definition) is 4. The third-order valence-electron chi connectivity index (χ3n) is 2.36. The maximum absolute atomic E-state index is 11.4. The second-order valence-electron chi connectivity index (χ2n) is 3.20. The van der Waals surface area contributed by atoms with Crippen molar-refractivity contribution in [2.45, 2.75) is 11.9 Å². The molecule has 2 rings (SSSR count). The zero-order valence-electron chi connectivity index (χ0n) is 7.60. The van der Waals surface area contributed by atoms with Crippen LogP contribution in [0.25, 0.3) is 0 Å². The van der Waals surface area contributed by atoms with Gasteiger partial charge in [-0.25, -0.2) is 14.8 Å². The van der Waals surface area contributed by atoms with Gasteiger partial charge in [0.05, 0.1) is 0 Å². The van der Waals surface area contributed by atoms with Crippen LogP contribution in [0.2, 0.25) is 0 Å². The van der Waals surface area contributed by atoms with Crippen molar-refractivity contribution in [2.75, 3.05) is 7.05 Å². The Labute approximate surface area is 83.3 Å². The summed E-state index contributed by atoms with van der Waals surface area (Å²) in [7, 11) is 1.35. The molecular formula is C6H8N4O5. The second kappa shape index (κ2) is 2.81. The molecule has 5 amide bonds. The van der Waals surface area contributed by atoms with Gasteiger partial charge in [0.15, 0.2) is 6.17 Å². The number of imide groups is 1. The van der Waals surface area contributed by atoms with Gasteiger partial charge in [-0.1, -0.05) is 0 Å². The average Bonchev–Trinajstić information content (AvgIpc) is 2.43. The van der Waals surface area contributed by atoms with E-state index in [-0.39, 0.29) is 0 Å². The summed E-state index contributed by atoms with van der Waals surface area (Å²) in [5, 5.41) is 15.0. The zero-order chi connectivity index (χ0) is 11.2. The molecule has 1 unspecified atom stereocenters. The molecule has 2 aliphatic heterocycles. The van der Waals surface area contributed by atoms with Gasteiger partial charge in [-0.05, 0) is 0 Å². The van der Waals surface area contributed by atoms with Gasteiger partial charge < -0.3 is 10.2 Å². The van der Waals surface area contributed by atoms with E-state index in [0.717, 1.165) is 4.90 Å². The Morgan fingerprint density at radius 2 is 2.13 bits per heavy atom. The number of urea groups is 2. The lowest BCUT2D eigenvalue weighted by molar-refractivity contribution is -0.324. The number of rotatable bonds is 1. The Kier molecular flexibility index (Phi) is 1.81. The zero-order valence-corrected chi connectivity index (χ0v) is 7.60. The Bertz CT molecular complexity index is 357. The van der Waals surface area contributed by atoms with Crippen LogP contribution >= 0.6 is 0 Å². The van der Waals surface area contributed by atoms with Gasteiger partial charge in [0, 0.05) is 7.05 Å². The highest BCUT2D eigenvalue weighted by molar-refractivity contribution is 6.05. The molecule has 0 spiro atoms. The number of likely N-dealkylation sites (N-methyl/N-ethyl adjacent to an activating group) is 1. The molecule has 0 radical (unpaired) electrons. The highest BCUT2D eigenvalue weighted by Crippen LogP contribution is 2.24. The highest BCUT2D eigenvalue weighted by Gasteiger charge is 2.61. The molecule has 82 valence electrons. The largest absolute Gasteiger partial charge is 0.323 e. The summed E-state index contributed by atoms with van der Waals surface area (Å²) < 4.78 is 0. The summed E-state index contributed by atoms with van der Waals surface area (Å²) >= 11 is 0. The van der Waals surface area contributed by atoms with Crippen LogP contribution in [0, 0.1) is 0 Å². The normalized spacial score (nSPS) is 34.4. The lowest BCUT2D eigenvalue weighted by Crippen LogP contribution is -2.73. The Morgan fingerprint density at radius 3 is 2.73 bits per heavy atom. The molecule has 2 heterocycles. The molecule has 0 aromatic carbocycles. The molecular weight excluding hydrogens is 208 g/mol. The van der Waals surface area contributed by atoms with Crippen molar-refractivity contribution in [1.29, 1.82) is 0 Å². The molecule has 0 bridgehead atoms. The molecule has 9 nitrogen and oxygen atoms in total. The number of hydrogen-bond acceptors (Lipinski definition) is 5. The SMILES string of the molecule is CN1C(=O)N[C@@]2(OO)C(=O)NC(=O)NC12. The fraction of sp³-hybridized carbons (Fsp3) is 0.500. The number of amides is 5. The average molecular weight is 216 g/mol. The molecule has 0 saturated carbocycles. The first-order valence-corrected chi connectivity index (χ1v) is 4.01. The van der Waals surface area contributed by atoms with Crippen LogP contribution in [-0.2, 0) is 9.68 Å². The van der Waals surface area contributed by atoms with Crippen molar-refractivity contribution < 1.29 is 24.5 Å². The van der Waals surface area contributed by atoms with Crippen molar-refractivity contribution in [2.24, 2.45) is 0 Å². The summed E-state index contributed by atoms with van der Waals surface area (Å²) in [6.07, 6.45) is -1.09. The summed E-state index contributed by atoms with van der Waals surface area (Å²) in [5.74, 6) is -0.934. The van der Waals surface area contributed by atoms with Gasteiger partial charge >= 0.3 is 12.1 Å². The molecule has 0 aromatic heterocycles. The fourth-order valence-electron chi connectivity index (χ4n) is 1.56. The van der Waals surface area contributed by atoms with Gasteiger partial charge in [0.1, 0.15) is 0 Å². The first-order valence-electron chi connectivity index (χ1n) is 4.01. The molecule has 0 aliphatic carbocycles. The molecule has 15 heavy (non-hydrogen) atoms. The van der Waals surface area contributed by atoms with E-state index in [9.17, 15) is 14.4 Å². The smallest absolute Gasteiger partial charge is 0.312 e. The lowest BCUT2D eigenvalue weighted by Gasteiger charge is -2.34. The first kappa shape index (κ1) is 9.68. The summed E-state index contributed by atoms with van der Waals surface area (Å²) in [4.78, 5) is 38.7. The predicted molar refractivity (Wildman–Crippen MR) is 43.2 cm³/mol. The lowest BCUT2D eigenvalue weighted by atomic mass is 10.1. The van der Waals surface area contributed by atoms with Crippen LogP contribution in [0.3, 0.4) is 0 Å². The van der Waals surface area contributed by atoms with E-state index in [2.05, 4.69) is 15.5 Å². The van der Waals surface area contributed by atoms with Crippen LogP contribution in [0.5, 0.6) is 0 Å². The standard InChI is InChI=1S/C6H8N4O5/c1-10-2-6(15-14,9-5(10)13)3(11)8-4(12)7-2/h2,14H,1H3,(H,9,13)(H2,7,8,11,12)/t2?,6-/m0/s1. The predicted octanol–water partition coefficient (Wildman–Crippen LogP) is -2.01. The molecule has 2 fully saturated rings. The quantitative estimate of drug-likeness (QED) is 0.298. The minimum absolute atomic E-state index is 0.647. The molecule has 2 atom stereocenters. The molecule has 9 heteroatoms. The minimum atomic E-state index is -1.99. The van der Waals surface area contributed by atoms with Crippen LogP contribution in [0.1, 0.15) is 0 Å². The number of carbonyl (C=O) groups excluding carboxylic acids is 3. The number of nitrogens with zero attached hydrogens (tertiary/aromatic N) is 1. The molecule has 4 N–H and O–H groups in total. The minimum Gasteiger partial charge on any atom is -0.312 e. The van der Waals surface area contributed by atoms with Crippen LogP contribution in [0.4, 0.5) is 9.59 Å². The van der Waals surface area contributed by atoms with E-state index >= 15 is 0 Å². The van der Waals surface area contributed by atoms with Gasteiger partial charge in [0.25, 0.3) is 11.6 Å². The third-order valence-corrected chi connectivity index (χ3v) is 2.36. The molecule has 0 aromatic rings. The third kappa shape index (κ3) is 1.07. The van der Waals surface area contributed by atoms with Crippen molar-refractivity contribution in [3.63, 3.8) is 0 Å². The Morgan fingerprint density at radius 1 is 1.47 bits per heavy atom. The summed E-state index contributed by atoms with van der Waals surface area (Å²) in [6, 6.07) is -1.41. The second-order valence-corrected chi connectivity index (χ2v) is 3.20. The maximum Gasteiger partial charge on any atom is 0.323 e. The van der Waals surface area contributed by atoms with Crippen molar-refractivity contribution >= 4 is 18.0 Å². The number of fused-ring (bicyclic) bond motifs is 1. The van der Waals surface area contributed by atoms with E-state index in [0.29, 0.717) is 0 Å². The molecule has 2 saturated heterocycles. The van der Waals surface area contributed by atoms with Gasteiger partial charge in [-0.2, -0.15) is 4.89 Å². The van der Waals surface area contributed by atoms with Crippen LogP contribution in [-0.4, -0.2) is 47.1 Å².